The summed E-state index contributed by atoms with van der Waals surface area (Å²) in [5.74, 6) is -1.41. The van der Waals surface area contributed by atoms with Gasteiger partial charge in [0.15, 0.2) is 5.17 Å². The third-order valence-electron chi connectivity index (χ3n) is 6.75. The lowest BCUT2D eigenvalue weighted by Crippen LogP contribution is -2.28. The molecule has 3 aromatic rings. The molecular formula is C28H26ClN5O4S. The summed E-state index contributed by atoms with van der Waals surface area (Å²) in [6.45, 7) is 1.86. The number of carbonyl (C=O) groups excluding carboxylic acids is 2. The molecule has 2 aromatic carbocycles. The van der Waals surface area contributed by atoms with Crippen molar-refractivity contribution in [3.63, 3.8) is 0 Å². The molecular weight excluding hydrogens is 538 g/mol. The molecule has 2 amide bonds. The van der Waals surface area contributed by atoms with Crippen LogP contribution in [0.25, 0.3) is 17.0 Å². The zero-order valence-electron chi connectivity index (χ0n) is 21.3. The molecule has 1 aliphatic heterocycles. The average Bonchev–Trinajstić information content (AvgIpc) is 3.21. The number of halogens is 1. The third-order valence-corrected chi connectivity index (χ3v) is 7.98. The highest BCUT2D eigenvalue weighted by Crippen LogP contribution is 2.35. The van der Waals surface area contributed by atoms with Crippen LogP contribution in [0.1, 0.15) is 47.8 Å². The van der Waals surface area contributed by atoms with E-state index >= 15 is 0 Å². The Bertz CT molecular complexity index is 1580. The molecule has 1 fully saturated rings. The second-order valence-corrected chi connectivity index (χ2v) is 10.7. The van der Waals surface area contributed by atoms with Crippen molar-refractivity contribution in [3.05, 3.63) is 63.1 Å². The highest BCUT2D eigenvalue weighted by molar-refractivity contribution is 8.18. The van der Waals surface area contributed by atoms with Crippen molar-refractivity contribution in [1.29, 1.82) is 0 Å². The molecule has 1 aliphatic carbocycles. The van der Waals surface area contributed by atoms with Crippen molar-refractivity contribution >= 4 is 80.4 Å². The molecule has 0 saturated heterocycles. The van der Waals surface area contributed by atoms with Crippen LogP contribution in [0.5, 0.6) is 0 Å². The van der Waals surface area contributed by atoms with Gasteiger partial charge in [0, 0.05) is 24.0 Å². The number of aliphatic imine (C=N–C) groups is 1. The van der Waals surface area contributed by atoms with Crippen molar-refractivity contribution < 1.29 is 19.5 Å². The lowest BCUT2D eigenvalue weighted by atomic mass is 9.85. The molecule has 5 rings (SSSR count). The van der Waals surface area contributed by atoms with Crippen LogP contribution in [0.4, 0.5) is 17.1 Å². The summed E-state index contributed by atoms with van der Waals surface area (Å²) in [5.41, 5.74) is 3.61. The molecule has 0 radical (unpaired) electrons. The van der Waals surface area contributed by atoms with Gasteiger partial charge in [0.2, 0.25) is 5.91 Å². The summed E-state index contributed by atoms with van der Waals surface area (Å²) in [6, 6.07) is 10.6. The van der Waals surface area contributed by atoms with Gasteiger partial charge in [-0.1, -0.05) is 31.0 Å². The van der Waals surface area contributed by atoms with E-state index in [9.17, 15) is 19.5 Å². The van der Waals surface area contributed by atoms with Crippen LogP contribution in [-0.2, 0) is 16.0 Å². The van der Waals surface area contributed by atoms with Crippen molar-refractivity contribution in [2.45, 2.75) is 32.6 Å². The molecule has 0 unspecified atom stereocenters. The third kappa shape index (κ3) is 5.48. The summed E-state index contributed by atoms with van der Waals surface area (Å²) in [6.07, 6.45) is 5.06. The minimum Gasteiger partial charge on any atom is -0.478 e. The Morgan fingerprint density at radius 1 is 1.21 bits per heavy atom. The maximum Gasteiger partial charge on any atom is 0.339 e. The van der Waals surface area contributed by atoms with Crippen LogP contribution in [0.2, 0.25) is 5.02 Å². The fraction of sp³-hybridized carbons (Fsp3) is 0.250. The number of hydrogen-bond acceptors (Lipinski definition) is 7. The van der Waals surface area contributed by atoms with E-state index < -0.39 is 11.9 Å². The molecule has 4 N–H and O–H groups in total. The first kappa shape index (κ1) is 26.7. The van der Waals surface area contributed by atoms with E-state index in [1.54, 1.807) is 43.5 Å². The standard InChI is InChI=1S/C28H26ClN5O4S/c1-3-19-23(27(37)38)24(30-2)17-11-14(7-10-20(17)32-19)12-22-26(36)34-28(39-22)33-21-13-16(8-9-18(21)29)31-25(35)15-5-4-6-15/h7-13,15H,3-6H2,1-2H3,(H,30,32)(H,31,35)(H,37,38)(H,33,34,36). The van der Waals surface area contributed by atoms with Gasteiger partial charge < -0.3 is 21.1 Å². The van der Waals surface area contributed by atoms with E-state index in [0.717, 1.165) is 31.0 Å². The molecule has 1 saturated carbocycles. The largest absolute Gasteiger partial charge is 0.478 e. The Morgan fingerprint density at radius 2 is 2.00 bits per heavy atom. The van der Waals surface area contributed by atoms with Crippen molar-refractivity contribution in [3.8, 4) is 0 Å². The molecule has 2 aliphatic rings. The van der Waals surface area contributed by atoms with Gasteiger partial charge in [0.05, 0.1) is 32.5 Å². The predicted molar refractivity (Wildman–Crippen MR) is 157 cm³/mol. The van der Waals surface area contributed by atoms with Gasteiger partial charge >= 0.3 is 5.97 Å². The van der Waals surface area contributed by atoms with Crippen LogP contribution in [0.3, 0.4) is 0 Å². The van der Waals surface area contributed by atoms with Crippen LogP contribution in [-0.4, -0.2) is 40.1 Å². The summed E-state index contributed by atoms with van der Waals surface area (Å²) < 4.78 is 0. The SMILES string of the molecule is CCc1nc2ccc(C=C3SC(Nc4cc(NC(=O)C5CCC5)ccc4Cl)=NC3=O)cc2c(NC)c1C(=O)O. The molecule has 2 heterocycles. The molecule has 9 nitrogen and oxygen atoms in total. The van der Waals surface area contributed by atoms with E-state index in [4.69, 9.17) is 11.6 Å². The van der Waals surface area contributed by atoms with E-state index in [0.29, 0.717) is 60.7 Å². The van der Waals surface area contributed by atoms with E-state index in [1.807, 2.05) is 13.0 Å². The highest BCUT2D eigenvalue weighted by Gasteiger charge is 2.26. The fourth-order valence-corrected chi connectivity index (χ4v) is 5.50. The molecule has 200 valence electrons. The summed E-state index contributed by atoms with van der Waals surface area (Å²) in [5, 5.41) is 20.2. The van der Waals surface area contributed by atoms with Crippen LogP contribution < -0.4 is 16.0 Å². The van der Waals surface area contributed by atoms with Gasteiger partial charge in [0.25, 0.3) is 5.91 Å². The number of rotatable bonds is 7. The number of aromatic nitrogens is 1. The topological polar surface area (TPSA) is 133 Å². The average molecular weight is 564 g/mol. The van der Waals surface area contributed by atoms with Gasteiger partial charge in [-0.3, -0.25) is 14.6 Å². The summed E-state index contributed by atoms with van der Waals surface area (Å²) >= 11 is 7.53. The molecule has 0 atom stereocenters. The number of hydrogen-bond donors (Lipinski definition) is 4. The van der Waals surface area contributed by atoms with Crippen LogP contribution in [0, 0.1) is 5.92 Å². The molecule has 1 aromatic heterocycles. The fourth-order valence-electron chi connectivity index (χ4n) is 4.51. The number of thioether (sulfide) groups is 1. The number of amidine groups is 1. The quantitative estimate of drug-likeness (QED) is 0.257. The van der Waals surface area contributed by atoms with E-state index in [1.165, 1.54) is 0 Å². The first-order chi connectivity index (χ1) is 18.8. The van der Waals surface area contributed by atoms with E-state index in [2.05, 4.69) is 25.9 Å². The summed E-state index contributed by atoms with van der Waals surface area (Å²) in [4.78, 5) is 46.0. The second kappa shape index (κ2) is 11.1. The van der Waals surface area contributed by atoms with Crippen LogP contribution in [0.15, 0.2) is 46.3 Å². The number of carboxylic acids is 1. The minimum absolute atomic E-state index is 0.00379. The zero-order valence-corrected chi connectivity index (χ0v) is 22.9. The number of benzene rings is 2. The molecule has 0 spiro atoms. The van der Waals surface area contributed by atoms with E-state index in [-0.39, 0.29) is 17.4 Å². The Hall–Kier alpha value is -3.89. The first-order valence-corrected chi connectivity index (χ1v) is 13.7. The number of fused-ring (bicyclic) bond motifs is 1. The van der Waals surface area contributed by atoms with Gasteiger partial charge in [-0.2, -0.15) is 4.99 Å². The van der Waals surface area contributed by atoms with Gasteiger partial charge in [-0.25, -0.2) is 4.79 Å². The predicted octanol–water partition coefficient (Wildman–Crippen LogP) is 6.01. The van der Waals surface area contributed by atoms with Crippen molar-refractivity contribution in [2.75, 3.05) is 23.0 Å². The maximum absolute atomic E-state index is 12.7. The molecule has 11 heteroatoms. The second-order valence-electron chi connectivity index (χ2n) is 9.26. The lowest BCUT2D eigenvalue weighted by Gasteiger charge is -2.24. The van der Waals surface area contributed by atoms with Gasteiger partial charge in [0.1, 0.15) is 5.56 Å². The molecule has 0 bridgehead atoms. The monoisotopic (exact) mass is 563 g/mol. The first-order valence-electron chi connectivity index (χ1n) is 12.5. The Labute approximate surface area is 234 Å². The summed E-state index contributed by atoms with van der Waals surface area (Å²) in [7, 11) is 1.67. The number of carbonyl (C=O) groups is 3. The van der Waals surface area contributed by atoms with Gasteiger partial charge in [-0.05, 0) is 73.0 Å². The Balaban J connectivity index is 1.37. The number of nitrogens with zero attached hydrogens (tertiary/aromatic N) is 2. The number of aromatic carboxylic acids is 1. The number of aryl methyl sites for hydroxylation is 1. The van der Waals surface area contributed by atoms with Crippen molar-refractivity contribution in [2.24, 2.45) is 10.9 Å². The normalized spacial score (nSPS) is 16.2. The minimum atomic E-state index is -1.05. The molecule has 39 heavy (non-hydrogen) atoms. The number of pyridine rings is 1. The van der Waals surface area contributed by atoms with Crippen LogP contribution >= 0.6 is 23.4 Å². The lowest BCUT2D eigenvalue weighted by molar-refractivity contribution is -0.122. The smallest absolute Gasteiger partial charge is 0.339 e. The Morgan fingerprint density at radius 3 is 2.67 bits per heavy atom. The highest BCUT2D eigenvalue weighted by atomic mass is 35.5. The Kier molecular flexibility index (Phi) is 7.58. The van der Waals surface area contributed by atoms with Gasteiger partial charge in [-0.15, -0.1) is 0 Å². The number of carboxylic acid groups (broad SMARTS) is 1. The zero-order chi connectivity index (χ0) is 27.7. The number of nitrogens with one attached hydrogen (secondary N) is 3. The number of amides is 2. The maximum atomic E-state index is 12.7. The van der Waals surface area contributed by atoms with Crippen molar-refractivity contribution in [1.82, 2.24) is 4.98 Å². The number of anilines is 3.